The molecule has 7 heteroatoms. The van der Waals surface area contributed by atoms with Gasteiger partial charge in [0.25, 0.3) is 0 Å². The Hall–Kier alpha value is -2.44. The van der Waals surface area contributed by atoms with Crippen molar-refractivity contribution in [1.82, 2.24) is 9.78 Å². The molecule has 20 heavy (non-hydrogen) atoms. The first-order chi connectivity index (χ1) is 9.47. The van der Waals surface area contributed by atoms with Crippen LogP contribution in [0.4, 0.5) is 14.5 Å². The number of nitrogens with one attached hydrogen (secondary N) is 1. The number of carbonyl (C=O) groups is 1. The normalized spacial score (nSPS) is 12.2. The third-order valence-electron chi connectivity index (χ3n) is 2.78. The average Bonchev–Trinajstić information content (AvgIpc) is 2.79. The Labute approximate surface area is 114 Å². The van der Waals surface area contributed by atoms with Crippen LogP contribution in [-0.2, 0) is 11.3 Å². The Morgan fingerprint density at radius 2 is 2.25 bits per heavy atom. The van der Waals surface area contributed by atoms with Gasteiger partial charge in [-0.25, -0.2) is 8.78 Å². The van der Waals surface area contributed by atoms with Crippen molar-refractivity contribution in [2.75, 3.05) is 5.32 Å². The topological polar surface area (TPSA) is 72.9 Å². The Morgan fingerprint density at radius 1 is 1.50 bits per heavy atom. The molecule has 0 aliphatic heterocycles. The summed E-state index contributed by atoms with van der Waals surface area (Å²) < 4.78 is 28.2. The molecule has 0 spiro atoms. The second kappa shape index (κ2) is 5.68. The summed E-state index contributed by atoms with van der Waals surface area (Å²) in [5.74, 6) is -2.28. The van der Waals surface area contributed by atoms with Crippen molar-refractivity contribution in [3.63, 3.8) is 0 Å². The number of carbonyl (C=O) groups excluding carboxylic acids is 1. The summed E-state index contributed by atoms with van der Waals surface area (Å²) in [5, 5.41) is 6.91. The largest absolute Gasteiger partial charge is 0.376 e. The van der Waals surface area contributed by atoms with E-state index in [1.54, 1.807) is 13.1 Å². The molecule has 1 aromatic heterocycles. The lowest BCUT2D eigenvalue weighted by molar-refractivity contribution is -0.118. The molecule has 1 aromatic carbocycles. The lowest BCUT2D eigenvalue weighted by Crippen LogP contribution is -2.18. The zero-order valence-corrected chi connectivity index (χ0v) is 10.8. The molecule has 0 fully saturated rings. The molecule has 5 nitrogen and oxygen atoms in total. The van der Waals surface area contributed by atoms with Gasteiger partial charge >= 0.3 is 0 Å². The van der Waals surface area contributed by atoms with Gasteiger partial charge in [-0.15, -0.1) is 0 Å². The summed E-state index contributed by atoms with van der Waals surface area (Å²) in [6.45, 7) is 1.66. The fourth-order valence-corrected chi connectivity index (χ4v) is 1.87. The van der Waals surface area contributed by atoms with Crippen molar-refractivity contribution in [2.24, 2.45) is 5.73 Å². The van der Waals surface area contributed by atoms with Gasteiger partial charge in [0, 0.05) is 11.8 Å². The van der Waals surface area contributed by atoms with Gasteiger partial charge in [0.05, 0.1) is 17.9 Å². The van der Waals surface area contributed by atoms with Gasteiger partial charge in [0.2, 0.25) is 5.91 Å². The van der Waals surface area contributed by atoms with E-state index in [-0.39, 0.29) is 12.1 Å². The highest BCUT2D eigenvalue weighted by Crippen LogP contribution is 2.22. The summed E-state index contributed by atoms with van der Waals surface area (Å²) in [7, 11) is 0. The fraction of sp³-hybridized carbons (Fsp3) is 0.231. The highest BCUT2D eigenvalue weighted by atomic mass is 19.2. The molecule has 1 heterocycles. The first kappa shape index (κ1) is 14.0. The zero-order valence-electron chi connectivity index (χ0n) is 10.8. The van der Waals surface area contributed by atoms with Crippen molar-refractivity contribution in [3.8, 4) is 0 Å². The predicted molar refractivity (Wildman–Crippen MR) is 69.8 cm³/mol. The molecule has 1 unspecified atom stereocenters. The molecule has 3 N–H and O–H groups in total. The Morgan fingerprint density at radius 3 is 2.95 bits per heavy atom. The van der Waals surface area contributed by atoms with Gasteiger partial charge in [-0.1, -0.05) is 12.1 Å². The van der Waals surface area contributed by atoms with Crippen molar-refractivity contribution in [3.05, 3.63) is 47.8 Å². The van der Waals surface area contributed by atoms with E-state index in [0.29, 0.717) is 5.69 Å². The van der Waals surface area contributed by atoms with E-state index in [4.69, 9.17) is 5.73 Å². The van der Waals surface area contributed by atoms with E-state index < -0.39 is 23.6 Å². The SMILES string of the molecule is CC(Nc1cnn(CC(N)=O)c1)c1cccc(F)c1F. The molecular formula is C13H14F2N4O. The molecular weight excluding hydrogens is 266 g/mol. The van der Waals surface area contributed by atoms with E-state index in [1.165, 1.54) is 23.0 Å². The number of amides is 1. The summed E-state index contributed by atoms with van der Waals surface area (Å²) in [5.41, 5.74) is 5.85. The maximum absolute atomic E-state index is 13.6. The fourth-order valence-electron chi connectivity index (χ4n) is 1.87. The molecule has 0 bridgehead atoms. The lowest BCUT2D eigenvalue weighted by atomic mass is 10.1. The highest BCUT2D eigenvalue weighted by molar-refractivity contribution is 5.73. The van der Waals surface area contributed by atoms with Gasteiger partial charge < -0.3 is 11.1 Å². The molecule has 0 aliphatic carbocycles. The number of anilines is 1. The van der Waals surface area contributed by atoms with Crippen molar-refractivity contribution in [2.45, 2.75) is 19.5 Å². The first-order valence-electron chi connectivity index (χ1n) is 5.98. The predicted octanol–water partition coefficient (Wildman–Crippen LogP) is 1.82. The lowest BCUT2D eigenvalue weighted by Gasteiger charge is -2.15. The maximum atomic E-state index is 13.6. The van der Waals surface area contributed by atoms with Gasteiger partial charge in [-0.2, -0.15) is 5.10 Å². The number of halogens is 2. The van der Waals surface area contributed by atoms with Gasteiger partial charge in [-0.3, -0.25) is 9.48 Å². The summed E-state index contributed by atoms with van der Waals surface area (Å²) in [4.78, 5) is 10.8. The summed E-state index contributed by atoms with van der Waals surface area (Å²) >= 11 is 0. The number of nitrogens with zero attached hydrogens (tertiary/aromatic N) is 2. The second-order valence-corrected chi connectivity index (χ2v) is 4.40. The monoisotopic (exact) mass is 280 g/mol. The van der Waals surface area contributed by atoms with Crippen LogP contribution in [0.15, 0.2) is 30.6 Å². The van der Waals surface area contributed by atoms with Crippen LogP contribution < -0.4 is 11.1 Å². The van der Waals surface area contributed by atoms with Crippen molar-refractivity contribution < 1.29 is 13.6 Å². The molecule has 2 rings (SSSR count). The van der Waals surface area contributed by atoms with E-state index in [9.17, 15) is 13.6 Å². The quantitative estimate of drug-likeness (QED) is 0.877. The Kier molecular flexibility index (Phi) is 3.97. The van der Waals surface area contributed by atoms with Crippen LogP contribution in [0.2, 0.25) is 0 Å². The minimum atomic E-state index is -0.888. The number of rotatable bonds is 5. The number of hydrogen-bond acceptors (Lipinski definition) is 3. The number of primary amides is 1. The molecule has 1 amide bonds. The smallest absolute Gasteiger partial charge is 0.239 e. The third kappa shape index (κ3) is 3.11. The number of hydrogen-bond donors (Lipinski definition) is 2. The Bertz CT molecular complexity index is 627. The van der Waals surface area contributed by atoms with Crippen LogP contribution in [0.1, 0.15) is 18.5 Å². The van der Waals surface area contributed by atoms with Crippen LogP contribution in [0.3, 0.4) is 0 Å². The third-order valence-corrected chi connectivity index (χ3v) is 2.78. The average molecular weight is 280 g/mol. The van der Waals surface area contributed by atoms with Gasteiger partial charge in [0.1, 0.15) is 6.54 Å². The molecule has 0 saturated carbocycles. The first-order valence-corrected chi connectivity index (χ1v) is 5.98. The number of nitrogens with two attached hydrogens (primary N) is 1. The van der Waals surface area contributed by atoms with Gasteiger partial charge in [0.15, 0.2) is 11.6 Å². The highest BCUT2D eigenvalue weighted by Gasteiger charge is 2.14. The Balaban J connectivity index is 2.11. The van der Waals surface area contributed by atoms with Crippen LogP contribution in [0.25, 0.3) is 0 Å². The number of aromatic nitrogens is 2. The van der Waals surface area contributed by atoms with Crippen LogP contribution in [0.5, 0.6) is 0 Å². The van der Waals surface area contributed by atoms with E-state index in [2.05, 4.69) is 10.4 Å². The van der Waals surface area contributed by atoms with E-state index >= 15 is 0 Å². The molecule has 0 radical (unpaired) electrons. The molecule has 2 aromatic rings. The molecule has 1 atom stereocenters. The minimum absolute atomic E-state index is 0.0373. The number of benzene rings is 1. The van der Waals surface area contributed by atoms with Crippen molar-refractivity contribution >= 4 is 11.6 Å². The van der Waals surface area contributed by atoms with Crippen LogP contribution >= 0.6 is 0 Å². The summed E-state index contributed by atoms with van der Waals surface area (Å²) in [6, 6.07) is 3.57. The van der Waals surface area contributed by atoms with Crippen molar-refractivity contribution in [1.29, 1.82) is 0 Å². The summed E-state index contributed by atoms with van der Waals surface area (Å²) in [6.07, 6.45) is 3.05. The van der Waals surface area contributed by atoms with E-state index in [1.807, 2.05) is 0 Å². The molecule has 0 aliphatic rings. The van der Waals surface area contributed by atoms with E-state index in [0.717, 1.165) is 6.07 Å². The van der Waals surface area contributed by atoms with Crippen LogP contribution in [-0.4, -0.2) is 15.7 Å². The van der Waals surface area contributed by atoms with Crippen LogP contribution in [0, 0.1) is 11.6 Å². The van der Waals surface area contributed by atoms with Gasteiger partial charge in [-0.05, 0) is 13.0 Å². The minimum Gasteiger partial charge on any atom is -0.376 e. The zero-order chi connectivity index (χ0) is 14.7. The molecule has 106 valence electrons. The second-order valence-electron chi connectivity index (χ2n) is 4.40. The molecule has 0 saturated heterocycles. The maximum Gasteiger partial charge on any atom is 0.239 e. The standard InChI is InChI=1S/C13H14F2N4O/c1-8(10-3-2-4-11(14)13(10)15)18-9-5-17-19(6-9)7-12(16)20/h2-6,8,18H,7H2,1H3,(H2,16,20).